The van der Waals surface area contributed by atoms with Crippen molar-refractivity contribution in [1.29, 1.82) is 0 Å². The molecule has 3 aromatic heterocycles. The van der Waals surface area contributed by atoms with Gasteiger partial charge in [0.1, 0.15) is 0 Å². The van der Waals surface area contributed by atoms with Gasteiger partial charge in [-0.2, -0.15) is 9.49 Å². The van der Waals surface area contributed by atoms with Crippen LogP contribution < -0.4 is 5.73 Å². The molecule has 22 heavy (non-hydrogen) atoms. The van der Waals surface area contributed by atoms with E-state index >= 15 is 0 Å². The van der Waals surface area contributed by atoms with E-state index in [1.165, 1.54) is 12.3 Å². The fraction of sp³-hybridized carbons (Fsp3) is 0.143. The van der Waals surface area contributed by atoms with Crippen LogP contribution in [0.2, 0.25) is 5.15 Å². The van der Waals surface area contributed by atoms with Crippen molar-refractivity contribution in [3.8, 4) is 11.1 Å². The van der Waals surface area contributed by atoms with Crippen LogP contribution in [-0.2, 0) is 0 Å². The van der Waals surface area contributed by atoms with E-state index in [2.05, 4.69) is 20.3 Å². The molecule has 1 unspecified atom stereocenters. The number of halogens is 2. The van der Waals surface area contributed by atoms with Gasteiger partial charge in [-0.15, -0.1) is 10.2 Å². The van der Waals surface area contributed by atoms with Crippen LogP contribution in [-0.4, -0.2) is 25.0 Å². The number of aromatic nitrogens is 5. The van der Waals surface area contributed by atoms with Crippen molar-refractivity contribution < 1.29 is 4.39 Å². The Kier molecular flexibility index (Phi) is 3.72. The maximum atomic E-state index is 12.9. The summed E-state index contributed by atoms with van der Waals surface area (Å²) < 4.78 is 14.6. The number of anilines is 1. The Bertz CT molecular complexity index is 801. The molecule has 0 radical (unpaired) electrons. The maximum absolute atomic E-state index is 12.9. The van der Waals surface area contributed by atoms with E-state index in [-0.39, 0.29) is 17.0 Å². The minimum atomic E-state index is -0.512. The highest BCUT2D eigenvalue weighted by atomic mass is 35.5. The summed E-state index contributed by atoms with van der Waals surface area (Å²) in [5.41, 5.74) is 8.09. The van der Waals surface area contributed by atoms with Crippen LogP contribution >= 0.6 is 11.6 Å². The number of hydrogen-bond donors (Lipinski definition) is 1. The molecule has 0 spiro atoms. The van der Waals surface area contributed by atoms with Gasteiger partial charge >= 0.3 is 0 Å². The third-order valence-electron chi connectivity index (χ3n) is 3.33. The van der Waals surface area contributed by atoms with Crippen LogP contribution in [0.15, 0.2) is 36.8 Å². The number of hydrogen-bond acceptors (Lipinski definition) is 5. The van der Waals surface area contributed by atoms with Gasteiger partial charge in [0.15, 0.2) is 11.0 Å². The second-order valence-corrected chi connectivity index (χ2v) is 5.15. The topological polar surface area (TPSA) is 82.5 Å². The molecule has 1 atom stereocenters. The van der Waals surface area contributed by atoms with Gasteiger partial charge in [-0.3, -0.25) is 4.68 Å². The molecule has 3 rings (SSSR count). The maximum Gasteiger partial charge on any atom is 0.212 e. The van der Waals surface area contributed by atoms with Crippen molar-refractivity contribution in [2.75, 3.05) is 5.73 Å². The van der Waals surface area contributed by atoms with Gasteiger partial charge < -0.3 is 5.73 Å². The van der Waals surface area contributed by atoms with Gasteiger partial charge in [0.2, 0.25) is 5.95 Å². The molecule has 0 aliphatic carbocycles. The predicted molar refractivity (Wildman–Crippen MR) is 80.7 cm³/mol. The van der Waals surface area contributed by atoms with Gasteiger partial charge in [0, 0.05) is 23.5 Å². The Balaban J connectivity index is 1.93. The summed E-state index contributed by atoms with van der Waals surface area (Å²) in [6, 6.07) is 4.53. The lowest BCUT2D eigenvalue weighted by atomic mass is 10.1. The molecule has 0 saturated heterocycles. The molecule has 0 amide bonds. The summed E-state index contributed by atoms with van der Waals surface area (Å²) >= 11 is 5.85. The first-order valence-electron chi connectivity index (χ1n) is 6.49. The zero-order chi connectivity index (χ0) is 15.7. The van der Waals surface area contributed by atoms with Crippen LogP contribution in [0.4, 0.5) is 10.2 Å². The number of nitrogens with zero attached hydrogens (tertiary/aromatic N) is 5. The molecular formula is C14H12ClFN6. The van der Waals surface area contributed by atoms with Crippen LogP contribution in [0.3, 0.4) is 0 Å². The van der Waals surface area contributed by atoms with Crippen molar-refractivity contribution in [1.82, 2.24) is 25.0 Å². The average molecular weight is 319 g/mol. The smallest absolute Gasteiger partial charge is 0.212 e. The van der Waals surface area contributed by atoms with Crippen molar-refractivity contribution in [3.63, 3.8) is 0 Å². The number of pyridine rings is 1. The molecule has 2 N–H and O–H groups in total. The largest absolute Gasteiger partial charge is 0.382 e. The lowest BCUT2D eigenvalue weighted by Crippen LogP contribution is -2.07. The molecule has 0 aromatic carbocycles. The molecule has 8 heteroatoms. The van der Waals surface area contributed by atoms with Crippen LogP contribution in [0.25, 0.3) is 11.1 Å². The Hall–Kier alpha value is -2.54. The second-order valence-electron chi connectivity index (χ2n) is 4.77. The molecule has 112 valence electrons. The SMILES string of the molecule is CC(c1ccc(F)nc1)n1cc(-c2cc(Cl)nnc2N)cn1. The third-order valence-corrected chi connectivity index (χ3v) is 3.52. The fourth-order valence-electron chi connectivity index (χ4n) is 2.08. The van der Waals surface area contributed by atoms with E-state index in [0.717, 1.165) is 11.1 Å². The van der Waals surface area contributed by atoms with Gasteiger partial charge in [-0.25, -0.2) is 4.98 Å². The average Bonchev–Trinajstić information content (AvgIpc) is 2.99. The van der Waals surface area contributed by atoms with Crippen LogP contribution in [0.1, 0.15) is 18.5 Å². The highest BCUT2D eigenvalue weighted by Gasteiger charge is 2.13. The van der Waals surface area contributed by atoms with E-state index in [0.29, 0.717) is 5.56 Å². The molecule has 0 bridgehead atoms. The van der Waals surface area contributed by atoms with E-state index < -0.39 is 5.95 Å². The zero-order valence-corrected chi connectivity index (χ0v) is 12.4. The minimum Gasteiger partial charge on any atom is -0.382 e. The number of nitrogens with two attached hydrogens (primary N) is 1. The van der Waals surface area contributed by atoms with Gasteiger partial charge in [-0.05, 0) is 24.6 Å². The summed E-state index contributed by atoms with van der Waals surface area (Å²) in [4.78, 5) is 3.65. The number of nitrogen functional groups attached to an aromatic ring is 1. The first-order valence-corrected chi connectivity index (χ1v) is 6.87. The molecule has 0 aliphatic heterocycles. The standard InChI is InChI=1S/C14H12ClFN6/c1-8(9-2-3-13(16)18-5-9)22-7-10(6-19-22)11-4-12(15)20-21-14(11)17/h2-8H,1H3,(H2,17,21). The van der Waals surface area contributed by atoms with Gasteiger partial charge in [0.25, 0.3) is 0 Å². The molecule has 3 heterocycles. The second kappa shape index (κ2) is 5.69. The normalized spacial score (nSPS) is 12.3. The van der Waals surface area contributed by atoms with Crippen molar-refractivity contribution in [3.05, 3.63) is 53.5 Å². The minimum absolute atomic E-state index is 0.103. The predicted octanol–water partition coefficient (Wildman–Crippen LogP) is 2.72. The van der Waals surface area contributed by atoms with Crippen molar-refractivity contribution in [2.24, 2.45) is 0 Å². The first kappa shape index (κ1) is 14.4. The van der Waals surface area contributed by atoms with E-state index in [4.69, 9.17) is 17.3 Å². The molecule has 6 nitrogen and oxygen atoms in total. The van der Waals surface area contributed by atoms with Crippen LogP contribution in [0.5, 0.6) is 0 Å². The number of rotatable bonds is 3. The molecule has 0 fully saturated rings. The Morgan fingerprint density at radius 1 is 1.27 bits per heavy atom. The summed E-state index contributed by atoms with van der Waals surface area (Å²) in [7, 11) is 0. The highest BCUT2D eigenvalue weighted by molar-refractivity contribution is 6.29. The molecule has 0 saturated carbocycles. The van der Waals surface area contributed by atoms with E-state index in [9.17, 15) is 4.39 Å². The summed E-state index contributed by atoms with van der Waals surface area (Å²) in [6.45, 7) is 1.94. The Morgan fingerprint density at radius 2 is 2.09 bits per heavy atom. The lowest BCUT2D eigenvalue weighted by Gasteiger charge is -2.11. The Labute approximate surface area is 130 Å². The first-order chi connectivity index (χ1) is 10.5. The molecule has 3 aromatic rings. The van der Waals surface area contributed by atoms with Crippen molar-refractivity contribution in [2.45, 2.75) is 13.0 Å². The third kappa shape index (κ3) is 2.75. The Morgan fingerprint density at radius 3 is 2.82 bits per heavy atom. The van der Waals surface area contributed by atoms with Gasteiger partial charge in [-0.1, -0.05) is 17.7 Å². The van der Waals surface area contributed by atoms with Crippen molar-refractivity contribution >= 4 is 17.4 Å². The fourth-order valence-corrected chi connectivity index (χ4v) is 2.23. The lowest BCUT2D eigenvalue weighted by molar-refractivity contribution is 0.550. The molecule has 0 aliphatic rings. The zero-order valence-electron chi connectivity index (χ0n) is 11.6. The van der Waals surface area contributed by atoms with Gasteiger partial charge in [0.05, 0.1) is 12.2 Å². The van der Waals surface area contributed by atoms with E-state index in [1.54, 1.807) is 23.0 Å². The van der Waals surface area contributed by atoms with E-state index in [1.807, 2.05) is 13.1 Å². The molecular weight excluding hydrogens is 307 g/mol. The van der Waals surface area contributed by atoms with Crippen LogP contribution in [0, 0.1) is 5.95 Å². The highest BCUT2D eigenvalue weighted by Crippen LogP contribution is 2.27. The monoisotopic (exact) mass is 318 g/mol. The summed E-state index contributed by atoms with van der Waals surface area (Å²) in [5, 5.41) is 12.0. The summed E-state index contributed by atoms with van der Waals surface area (Å²) in [6.07, 6.45) is 4.97. The summed E-state index contributed by atoms with van der Waals surface area (Å²) in [5.74, 6) is -0.234. The quantitative estimate of drug-likeness (QED) is 0.751.